The van der Waals surface area contributed by atoms with Crippen molar-refractivity contribution in [2.45, 2.75) is 17.8 Å². The Morgan fingerprint density at radius 1 is 1.12 bits per heavy atom. The van der Waals surface area contributed by atoms with E-state index in [0.717, 1.165) is 5.56 Å². The Balaban J connectivity index is 1.64. The maximum Gasteiger partial charge on any atom is 0.164 e. The number of hydrogen-bond acceptors (Lipinski definition) is 5. The van der Waals surface area contributed by atoms with Crippen molar-refractivity contribution in [1.82, 2.24) is 0 Å². The summed E-state index contributed by atoms with van der Waals surface area (Å²) in [6.07, 6.45) is 0. The predicted octanol–water partition coefficient (Wildman–Crippen LogP) is 3.24. The largest absolute Gasteiger partial charge is 0.312 e. The minimum Gasteiger partial charge on any atom is -0.312 e. The van der Waals surface area contributed by atoms with Crippen molar-refractivity contribution in [2.75, 3.05) is 16.4 Å². The molecule has 0 radical (unpaired) electrons. The molecule has 0 bridgehead atoms. The van der Waals surface area contributed by atoms with E-state index in [4.69, 9.17) is 0 Å². The van der Waals surface area contributed by atoms with E-state index >= 15 is 0 Å². The third-order valence-electron chi connectivity index (χ3n) is 4.48. The third-order valence-corrected chi connectivity index (χ3v) is 7.21. The Bertz CT molecular complexity index is 979. The highest BCUT2D eigenvalue weighted by atomic mass is 32.2. The molecule has 0 aromatic heterocycles. The number of rotatable bonds is 3. The fourth-order valence-electron chi connectivity index (χ4n) is 3.34. The fraction of sp³-hybridized carbons (Fsp3) is 0.278. The van der Waals surface area contributed by atoms with Gasteiger partial charge in [0.2, 0.25) is 0 Å². The van der Waals surface area contributed by atoms with Crippen LogP contribution in [0.2, 0.25) is 0 Å². The van der Waals surface area contributed by atoms with Gasteiger partial charge < -0.3 is 4.90 Å². The summed E-state index contributed by atoms with van der Waals surface area (Å²) in [6.45, 7) is 0. The molecular weight excluding hydrogens is 378 g/mol. The molecule has 2 aromatic rings. The molecule has 0 amide bonds. The topological polar surface area (TPSA) is 49.7 Å². The first kappa shape index (κ1) is 17.5. The van der Waals surface area contributed by atoms with Crippen LogP contribution in [-0.4, -0.2) is 37.2 Å². The fourth-order valence-corrected chi connectivity index (χ4v) is 6.24. The Morgan fingerprint density at radius 2 is 1.92 bits per heavy atom. The van der Waals surface area contributed by atoms with Gasteiger partial charge in [0, 0.05) is 5.75 Å². The highest BCUT2D eigenvalue weighted by molar-refractivity contribution is 8.13. The summed E-state index contributed by atoms with van der Waals surface area (Å²) in [5.41, 5.74) is 1.11. The van der Waals surface area contributed by atoms with Gasteiger partial charge in [0.05, 0.1) is 29.3 Å². The molecule has 0 N–H and O–H groups in total. The molecular formula is C18H16F2N2O2S2. The van der Waals surface area contributed by atoms with Crippen LogP contribution in [0.1, 0.15) is 5.56 Å². The lowest BCUT2D eigenvalue weighted by molar-refractivity contribution is 0.600. The van der Waals surface area contributed by atoms with Crippen LogP contribution in [0.15, 0.2) is 53.5 Å². The highest BCUT2D eigenvalue weighted by Gasteiger charge is 2.47. The molecule has 0 aliphatic carbocycles. The van der Waals surface area contributed by atoms with E-state index in [1.807, 2.05) is 6.07 Å². The molecule has 0 spiro atoms. The zero-order valence-electron chi connectivity index (χ0n) is 13.7. The molecule has 4 rings (SSSR count). The van der Waals surface area contributed by atoms with Crippen LogP contribution in [0.3, 0.4) is 0 Å². The molecule has 1 saturated heterocycles. The van der Waals surface area contributed by atoms with Crippen molar-refractivity contribution in [2.24, 2.45) is 4.99 Å². The zero-order chi connectivity index (χ0) is 18.3. The van der Waals surface area contributed by atoms with Gasteiger partial charge in [-0.3, -0.25) is 4.99 Å². The van der Waals surface area contributed by atoms with E-state index in [0.29, 0.717) is 16.6 Å². The monoisotopic (exact) mass is 394 g/mol. The Hall–Kier alpha value is -1.93. The molecule has 8 heteroatoms. The van der Waals surface area contributed by atoms with E-state index in [2.05, 4.69) is 4.99 Å². The Labute approximate surface area is 154 Å². The second kappa shape index (κ2) is 6.66. The number of anilines is 1. The van der Waals surface area contributed by atoms with Gasteiger partial charge in [-0.15, -0.1) is 0 Å². The van der Waals surface area contributed by atoms with Gasteiger partial charge in [0.25, 0.3) is 0 Å². The number of nitrogens with zero attached hydrogens (tertiary/aromatic N) is 2. The summed E-state index contributed by atoms with van der Waals surface area (Å²) in [4.78, 5) is 6.24. The summed E-state index contributed by atoms with van der Waals surface area (Å²) in [7, 11) is -3.19. The average Bonchev–Trinajstić information content (AvgIpc) is 3.05. The summed E-state index contributed by atoms with van der Waals surface area (Å²) >= 11 is 1.36. The van der Waals surface area contributed by atoms with Crippen molar-refractivity contribution < 1.29 is 17.2 Å². The number of amidine groups is 1. The van der Waals surface area contributed by atoms with E-state index < -0.39 is 27.7 Å². The second-order valence-electron chi connectivity index (χ2n) is 6.36. The van der Waals surface area contributed by atoms with Crippen LogP contribution in [0.4, 0.5) is 14.5 Å². The lowest BCUT2D eigenvalue weighted by atomic mass is 10.1. The quantitative estimate of drug-likeness (QED) is 0.802. The predicted molar refractivity (Wildman–Crippen MR) is 100 cm³/mol. The van der Waals surface area contributed by atoms with Crippen molar-refractivity contribution in [3.05, 3.63) is 65.7 Å². The molecule has 2 heterocycles. The molecule has 2 aromatic carbocycles. The first-order chi connectivity index (χ1) is 12.4. The highest BCUT2D eigenvalue weighted by Crippen LogP contribution is 2.36. The molecule has 4 nitrogen and oxygen atoms in total. The molecule has 2 aliphatic heterocycles. The van der Waals surface area contributed by atoms with Crippen molar-refractivity contribution in [3.8, 4) is 0 Å². The van der Waals surface area contributed by atoms with E-state index in [1.165, 1.54) is 30.0 Å². The van der Waals surface area contributed by atoms with Gasteiger partial charge in [-0.25, -0.2) is 17.2 Å². The number of sulfone groups is 1. The van der Waals surface area contributed by atoms with Crippen molar-refractivity contribution in [1.29, 1.82) is 0 Å². The summed E-state index contributed by atoms with van der Waals surface area (Å²) in [5, 5.41) is 0.573. The minimum absolute atomic E-state index is 0.0212. The van der Waals surface area contributed by atoms with Crippen LogP contribution < -0.4 is 4.90 Å². The second-order valence-corrected chi connectivity index (χ2v) is 9.46. The smallest absolute Gasteiger partial charge is 0.164 e. The summed E-state index contributed by atoms with van der Waals surface area (Å²) < 4.78 is 51.7. The third kappa shape index (κ3) is 3.35. The first-order valence-electron chi connectivity index (χ1n) is 8.12. The molecule has 136 valence electrons. The van der Waals surface area contributed by atoms with Crippen LogP contribution in [0.25, 0.3) is 0 Å². The summed E-state index contributed by atoms with van der Waals surface area (Å²) in [6, 6.07) is 11.8. The number of halogens is 2. The van der Waals surface area contributed by atoms with Crippen molar-refractivity contribution in [3.63, 3.8) is 0 Å². The normalized spacial score (nSPS) is 23.8. The molecule has 0 saturated carbocycles. The lowest BCUT2D eigenvalue weighted by Gasteiger charge is -2.26. The molecule has 0 unspecified atom stereocenters. The molecule has 2 atom stereocenters. The lowest BCUT2D eigenvalue weighted by Crippen LogP contribution is -2.39. The van der Waals surface area contributed by atoms with E-state index in [-0.39, 0.29) is 17.3 Å². The van der Waals surface area contributed by atoms with Gasteiger partial charge in [0.15, 0.2) is 15.0 Å². The SMILES string of the molecule is O=S1(=O)C[C@@H]2N=C(SCc3cccc(F)c3)N(c3ccccc3F)[C@H]2C1. The van der Waals surface area contributed by atoms with Gasteiger partial charge in [-0.1, -0.05) is 36.0 Å². The standard InChI is InChI=1S/C18H16F2N2O2S2/c19-13-5-3-4-12(8-13)9-25-18-21-15-10-26(23,24)11-17(15)22(18)16-7-2-1-6-14(16)20/h1-8,15,17H,9-11H2/t15-,17-/m0/s1. The number of para-hydroxylation sites is 1. The van der Waals surface area contributed by atoms with Gasteiger partial charge in [-0.2, -0.15) is 0 Å². The van der Waals surface area contributed by atoms with Crippen LogP contribution in [-0.2, 0) is 15.6 Å². The van der Waals surface area contributed by atoms with E-state index in [9.17, 15) is 17.2 Å². The van der Waals surface area contributed by atoms with Gasteiger partial charge >= 0.3 is 0 Å². The minimum atomic E-state index is -3.19. The van der Waals surface area contributed by atoms with Gasteiger partial charge in [-0.05, 0) is 29.8 Å². The van der Waals surface area contributed by atoms with E-state index in [1.54, 1.807) is 29.2 Å². The van der Waals surface area contributed by atoms with Crippen LogP contribution in [0.5, 0.6) is 0 Å². The molecule has 1 fully saturated rings. The van der Waals surface area contributed by atoms with Crippen LogP contribution in [0, 0.1) is 11.6 Å². The number of hydrogen-bond donors (Lipinski definition) is 0. The maximum atomic E-state index is 14.4. The van der Waals surface area contributed by atoms with Gasteiger partial charge in [0.1, 0.15) is 11.6 Å². The molecule has 26 heavy (non-hydrogen) atoms. The van der Waals surface area contributed by atoms with Crippen molar-refractivity contribution >= 4 is 32.5 Å². The van der Waals surface area contributed by atoms with Crippen LogP contribution >= 0.6 is 11.8 Å². The number of aliphatic imine (C=N–C) groups is 1. The number of thioether (sulfide) groups is 1. The number of benzene rings is 2. The molecule has 2 aliphatic rings. The zero-order valence-corrected chi connectivity index (χ0v) is 15.3. The average molecular weight is 394 g/mol. The number of fused-ring (bicyclic) bond motifs is 1. The summed E-state index contributed by atoms with van der Waals surface area (Å²) in [5.74, 6) is -0.332. The maximum absolute atomic E-state index is 14.4. The Morgan fingerprint density at radius 3 is 2.69 bits per heavy atom. The Kier molecular flexibility index (Phi) is 4.48. The first-order valence-corrected chi connectivity index (χ1v) is 10.9.